The van der Waals surface area contributed by atoms with E-state index in [1.165, 1.54) is 17.8 Å². The molecule has 0 radical (unpaired) electrons. The molecule has 3 N–H and O–H groups in total. The molecule has 1 aliphatic heterocycles. The molecule has 1 aromatic heterocycles. The van der Waals surface area contributed by atoms with Crippen LogP contribution in [-0.2, 0) is 20.7 Å². The van der Waals surface area contributed by atoms with E-state index in [1.807, 2.05) is 11.8 Å². The van der Waals surface area contributed by atoms with Crippen LogP contribution in [0.1, 0.15) is 81.7 Å². The molecular formula is C27H41N3O5S. The molecule has 0 aromatic carbocycles. The lowest BCUT2D eigenvalue weighted by Gasteiger charge is -2.58. The summed E-state index contributed by atoms with van der Waals surface area (Å²) in [5, 5.41) is 25.1. The third-order valence-electron chi connectivity index (χ3n) is 9.84. The Bertz CT molecular complexity index is 973. The molecule has 2 amide bonds. The lowest BCUT2D eigenvalue weighted by atomic mass is 9.47. The van der Waals surface area contributed by atoms with Crippen LogP contribution in [0.15, 0.2) is 0 Å². The Labute approximate surface area is 217 Å². The second-order valence-corrected chi connectivity index (χ2v) is 13.0. The number of morpholine rings is 1. The molecular weight excluding hydrogens is 478 g/mol. The summed E-state index contributed by atoms with van der Waals surface area (Å²) in [4.78, 5) is 34.3. The molecule has 1 aromatic rings. The Kier molecular flexibility index (Phi) is 7.47. The van der Waals surface area contributed by atoms with Crippen molar-refractivity contribution in [1.82, 2.24) is 9.88 Å². The number of fused-ring (bicyclic) bond motifs is 2. The first-order valence-electron chi connectivity index (χ1n) is 13.7. The summed E-state index contributed by atoms with van der Waals surface area (Å²) in [6.07, 6.45) is 7.07. The van der Waals surface area contributed by atoms with Gasteiger partial charge in [-0.2, -0.15) is 0 Å². The minimum atomic E-state index is -0.652. The van der Waals surface area contributed by atoms with Crippen molar-refractivity contribution < 1.29 is 24.5 Å². The summed E-state index contributed by atoms with van der Waals surface area (Å²) in [7, 11) is 0. The monoisotopic (exact) mass is 519 g/mol. The fraction of sp³-hybridized carbons (Fsp3) is 0.815. The molecule has 9 heteroatoms. The number of hydrogen-bond donors (Lipinski definition) is 3. The molecule has 3 aliphatic carbocycles. The van der Waals surface area contributed by atoms with Gasteiger partial charge in [0, 0.05) is 41.6 Å². The number of anilines is 1. The van der Waals surface area contributed by atoms with Gasteiger partial charge in [0.25, 0.3) is 0 Å². The molecule has 2 heterocycles. The van der Waals surface area contributed by atoms with E-state index in [-0.39, 0.29) is 41.6 Å². The lowest BCUT2D eigenvalue weighted by molar-refractivity contribution is -0.149. The Hall–Kier alpha value is -1.55. The topological polar surface area (TPSA) is 112 Å². The normalized spacial score (nSPS) is 35.1. The number of nitrogens with one attached hydrogen (secondary N) is 1. The van der Waals surface area contributed by atoms with Crippen molar-refractivity contribution in [2.24, 2.45) is 22.7 Å². The van der Waals surface area contributed by atoms with Crippen LogP contribution < -0.4 is 5.32 Å². The third kappa shape index (κ3) is 4.61. The number of hydrogen-bond acceptors (Lipinski definition) is 7. The second-order valence-electron chi connectivity index (χ2n) is 11.9. The van der Waals surface area contributed by atoms with Crippen LogP contribution in [0.3, 0.4) is 0 Å². The molecule has 3 fully saturated rings. The first-order valence-corrected chi connectivity index (χ1v) is 14.5. The third-order valence-corrected chi connectivity index (χ3v) is 10.9. The van der Waals surface area contributed by atoms with Crippen LogP contribution in [0.4, 0.5) is 5.13 Å². The number of amides is 2. The molecule has 0 bridgehead atoms. The van der Waals surface area contributed by atoms with Crippen molar-refractivity contribution in [2.75, 3.05) is 38.2 Å². The van der Waals surface area contributed by atoms with Crippen LogP contribution in [0.2, 0.25) is 0 Å². The Morgan fingerprint density at radius 2 is 1.89 bits per heavy atom. The highest BCUT2D eigenvalue weighted by molar-refractivity contribution is 7.15. The average Bonchev–Trinajstić information content (AvgIpc) is 3.30. The SMILES string of the molecule is CC1(CO)C(O)CCC2(C)C(CC(=O)N3CCOCC3)c3nc(NC(=O)C4CCCCC4)sc3CC12. The van der Waals surface area contributed by atoms with Crippen LogP contribution in [0.25, 0.3) is 0 Å². The van der Waals surface area contributed by atoms with Crippen LogP contribution in [0, 0.1) is 22.7 Å². The number of carbonyl (C=O) groups excluding carboxylic acids is 2. The maximum Gasteiger partial charge on any atom is 0.229 e. The molecule has 4 aliphatic rings. The molecule has 8 nitrogen and oxygen atoms in total. The summed E-state index contributed by atoms with van der Waals surface area (Å²) < 4.78 is 5.45. The van der Waals surface area contributed by atoms with Gasteiger partial charge in [0.15, 0.2) is 5.13 Å². The number of ether oxygens (including phenoxy) is 1. The van der Waals surface area contributed by atoms with E-state index in [4.69, 9.17) is 9.72 Å². The Morgan fingerprint density at radius 1 is 1.17 bits per heavy atom. The van der Waals surface area contributed by atoms with E-state index < -0.39 is 11.5 Å². The number of nitrogens with zero attached hydrogens (tertiary/aromatic N) is 2. The highest BCUT2D eigenvalue weighted by Gasteiger charge is 2.59. The highest BCUT2D eigenvalue weighted by Crippen LogP contribution is 2.63. The smallest absolute Gasteiger partial charge is 0.229 e. The molecule has 5 atom stereocenters. The zero-order chi connectivity index (χ0) is 25.5. The van der Waals surface area contributed by atoms with E-state index in [0.717, 1.165) is 42.7 Å². The van der Waals surface area contributed by atoms with E-state index in [9.17, 15) is 19.8 Å². The van der Waals surface area contributed by atoms with Crippen molar-refractivity contribution >= 4 is 28.3 Å². The molecule has 200 valence electrons. The standard InChI is InChI=1S/C27H41N3O5S/c1-26-9-8-21(32)27(2,16-31)20(26)15-19-23(18(26)14-22(33)30-10-12-35-13-11-30)28-25(36-19)29-24(34)17-6-4-3-5-7-17/h17-18,20-21,31-32H,3-16H2,1-2H3,(H,28,29,34). The second kappa shape index (κ2) is 10.3. The van der Waals surface area contributed by atoms with Crippen LogP contribution in [-0.4, -0.2) is 70.9 Å². The maximum absolute atomic E-state index is 13.5. The summed E-state index contributed by atoms with van der Waals surface area (Å²) in [5.41, 5.74) is -0.0128. The molecule has 5 unspecified atom stereocenters. The van der Waals surface area contributed by atoms with Crippen molar-refractivity contribution in [2.45, 2.75) is 83.7 Å². The number of aromatic nitrogens is 1. The van der Waals surface area contributed by atoms with Gasteiger partial charge in [-0.25, -0.2) is 4.98 Å². The van der Waals surface area contributed by atoms with Gasteiger partial charge < -0.3 is 25.2 Å². The van der Waals surface area contributed by atoms with E-state index in [2.05, 4.69) is 12.2 Å². The Morgan fingerprint density at radius 3 is 2.58 bits per heavy atom. The molecule has 2 saturated carbocycles. The van der Waals surface area contributed by atoms with Crippen LogP contribution in [0.5, 0.6) is 0 Å². The van der Waals surface area contributed by atoms with Gasteiger partial charge in [0.1, 0.15) is 0 Å². The van der Waals surface area contributed by atoms with Gasteiger partial charge in [0.2, 0.25) is 11.8 Å². The average molecular weight is 520 g/mol. The van der Waals surface area contributed by atoms with Gasteiger partial charge >= 0.3 is 0 Å². The fourth-order valence-corrected chi connectivity index (χ4v) is 8.46. The zero-order valence-corrected chi connectivity index (χ0v) is 22.4. The molecule has 0 spiro atoms. The van der Waals surface area contributed by atoms with Gasteiger partial charge in [-0.15, -0.1) is 11.3 Å². The summed E-state index contributed by atoms with van der Waals surface area (Å²) >= 11 is 1.51. The van der Waals surface area contributed by atoms with Gasteiger partial charge in [-0.05, 0) is 43.4 Å². The predicted octanol–water partition coefficient (Wildman–Crippen LogP) is 3.33. The lowest BCUT2D eigenvalue weighted by Crippen LogP contribution is -2.58. The maximum atomic E-state index is 13.5. The largest absolute Gasteiger partial charge is 0.396 e. The Balaban J connectivity index is 1.46. The number of rotatable bonds is 5. The quantitative estimate of drug-likeness (QED) is 0.550. The summed E-state index contributed by atoms with van der Waals surface area (Å²) in [5.74, 6) is 0.0914. The summed E-state index contributed by atoms with van der Waals surface area (Å²) in [6.45, 7) is 6.43. The zero-order valence-electron chi connectivity index (χ0n) is 21.6. The number of aliphatic hydroxyl groups is 2. The fourth-order valence-electron chi connectivity index (χ4n) is 7.39. The van der Waals surface area contributed by atoms with E-state index in [1.54, 1.807) is 0 Å². The van der Waals surface area contributed by atoms with Gasteiger partial charge in [0.05, 0.1) is 31.6 Å². The molecule has 1 saturated heterocycles. The van der Waals surface area contributed by atoms with Gasteiger partial charge in [-0.3, -0.25) is 9.59 Å². The van der Waals surface area contributed by atoms with Crippen molar-refractivity contribution in [1.29, 1.82) is 0 Å². The first-order chi connectivity index (χ1) is 17.3. The van der Waals surface area contributed by atoms with Crippen molar-refractivity contribution in [3.05, 3.63) is 10.6 Å². The molecule has 5 rings (SSSR count). The number of thiazole rings is 1. The highest BCUT2D eigenvalue weighted by atomic mass is 32.1. The number of aliphatic hydroxyl groups excluding tert-OH is 2. The predicted molar refractivity (Wildman–Crippen MR) is 138 cm³/mol. The van der Waals surface area contributed by atoms with E-state index in [0.29, 0.717) is 50.7 Å². The minimum Gasteiger partial charge on any atom is -0.396 e. The minimum absolute atomic E-state index is 0.0103. The molecule has 36 heavy (non-hydrogen) atoms. The first kappa shape index (κ1) is 26.1. The number of carbonyl (C=O) groups is 2. The summed E-state index contributed by atoms with van der Waals surface area (Å²) in [6, 6.07) is 0. The van der Waals surface area contributed by atoms with Crippen LogP contribution >= 0.6 is 11.3 Å². The van der Waals surface area contributed by atoms with Crippen molar-refractivity contribution in [3.8, 4) is 0 Å². The van der Waals surface area contributed by atoms with E-state index >= 15 is 0 Å². The van der Waals surface area contributed by atoms with Gasteiger partial charge in [-0.1, -0.05) is 33.1 Å². The van der Waals surface area contributed by atoms with Crippen molar-refractivity contribution in [3.63, 3.8) is 0 Å².